The van der Waals surface area contributed by atoms with Crippen LogP contribution < -0.4 is 5.32 Å². The summed E-state index contributed by atoms with van der Waals surface area (Å²) in [5.41, 5.74) is 4.24. The highest BCUT2D eigenvalue weighted by Gasteiger charge is 2.11. The Hall–Kier alpha value is -3.74. The molecular weight excluding hydrogens is 378 g/mol. The third kappa shape index (κ3) is 5.00. The lowest BCUT2D eigenvalue weighted by molar-refractivity contribution is -0.121. The molecular formula is C23H23N5O2. The summed E-state index contributed by atoms with van der Waals surface area (Å²) in [6.07, 6.45) is 4.37. The van der Waals surface area contributed by atoms with Gasteiger partial charge in [-0.1, -0.05) is 42.0 Å². The number of aryl methyl sites for hydroxylation is 2. The molecule has 0 unspecified atom stereocenters. The van der Waals surface area contributed by atoms with E-state index in [0.717, 1.165) is 16.7 Å². The van der Waals surface area contributed by atoms with E-state index in [2.05, 4.69) is 20.6 Å². The van der Waals surface area contributed by atoms with Gasteiger partial charge >= 0.3 is 0 Å². The van der Waals surface area contributed by atoms with Crippen molar-refractivity contribution in [2.75, 3.05) is 0 Å². The van der Waals surface area contributed by atoms with Crippen molar-refractivity contribution in [1.82, 2.24) is 25.3 Å². The van der Waals surface area contributed by atoms with Gasteiger partial charge in [0.05, 0.1) is 6.54 Å². The maximum atomic E-state index is 12.3. The van der Waals surface area contributed by atoms with Crippen LogP contribution in [0.4, 0.5) is 0 Å². The zero-order valence-electron chi connectivity index (χ0n) is 16.8. The SMILES string of the molecule is Cc1ccc(-c2nnc(CCC(=O)NCc3ccccc3Cn3cccn3)o2)cc1. The number of aromatic nitrogens is 4. The molecule has 0 saturated heterocycles. The number of amides is 1. The number of carbonyl (C=O) groups is 1. The van der Waals surface area contributed by atoms with Crippen LogP contribution in [0.25, 0.3) is 11.5 Å². The molecule has 2 aromatic carbocycles. The van der Waals surface area contributed by atoms with Gasteiger partial charge < -0.3 is 9.73 Å². The third-order valence-corrected chi connectivity index (χ3v) is 4.82. The normalized spacial score (nSPS) is 10.8. The van der Waals surface area contributed by atoms with E-state index in [-0.39, 0.29) is 12.3 Å². The fourth-order valence-corrected chi connectivity index (χ4v) is 3.12. The number of nitrogens with zero attached hydrogens (tertiary/aromatic N) is 4. The number of hydrogen-bond acceptors (Lipinski definition) is 5. The van der Waals surface area contributed by atoms with E-state index in [9.17, 15) is 4.79 Å². The highest BCUT2D eigenvalue weighted by atomic mass is 16.4. The van der Waals surface area contributed by atoms with Crippen molar-refractivity contribution in [3.8, 4) is 11.5 Å². The van der Waals surface area contributed by atoms with Crippen LogP contribution in [0.1, 0.15) is 29.0 Å². The molecule has 4 rings (SSSR count). The van der Waals surface area contributed by atoms with Gasteiger partial charge in [-0.15, -0.1) is 10.2 Å². The minimum Gasteiger partial charge on any atom is -0.421 e. The first-order valence-electron chi connectivity index (χ1n) is 9.88. The molecule has 1 N–H and O–H groups in total. The summed E-state index contributed by atoms with van der Waals surface area (Å²) in [4.78, 5) is 12.3. The predicted octanol–water partition coefficient (Wildman–Crippen LogP) is 3.54. The van der Waals surface area contributed by atoms with Crippen LogP contribution >= 0.6 is 0 Å². The molecule has 0 aliphatic heterocycles. The molecule has 4 aromatic rings. The number of carbonyl (C=O) groups excluding carboxylic acids is 1. The van der Waals surface area contributed by atoms with Crippen LogP contribution in [0.3, 0.4) is 0 Å². The largest absolute Gasteiger partial charge is 0.421 e. The van der Waals surface area contributed by atoms with E-state index in [1.54, 1.807) is 6.20 Å². The van der Waals surface area contributed by atoms with Crippen LogP contribution in [-0.4, -0.2) is 25.9 Å². The lowest BCUT2D eigenvalue weighted by Gasteiger charge is -2.11. The van der Waals surface area contributed by atoms with Crippen molar-refractivity contribution in [2.45, 2.75) is 32.9 Å². The minimum absolute atomic E-state index is 0.0565. The number of rotatable bonds is 8. The van der Waals surface area contributed by atoms with Crippen LogP contribution in [0.5, 0.6) is 0 Å². The van der Waals surface area contributed by atoms with E-state index in [1.807, 2.05) is 72.4 Å². The summed E-state index contributed by atoms with van der Waals surface area (Å²) in [5, 5.41) is 15.4. The summed E-state index contributed by atoms with van der Waals surface area (Å²) in [7, 11) is 0. The summed E-state index contributed by atoms with van der Waals surface area (Å²) < 4.78 is 7.55. The Kier molecular flexibility index (Phi) is 5.98. The molecule has 7 nitrogen and oxygen atoms in total. The molecule has 0 saturated carbocycles. The Morgan fingerprint density at radius 1 is 1.03 bits per heavy atom. The Balaban J connectivity index is 1.29. The van der Waals surface area contributed by atoms with E-state index in [4.69, 9.17) is 4.42 Å². The van der Waals surface area contributed by atoms with Crippen LogP contribution in [0.15, 0.2) is 71.4 Å². The van der Waals surface area contributed by atoms with Gasteiger partial charge in [-0.2, -0.15) is 5.10 Å². The molecule has 0 aliphatic rings. The molecule has 30 heavy (non-hydrogen) atoms. The Bertz CT molecular complexity index is 1100. The second-order valence-corrected chi connectivity index (χ2v) is 7.12. The van der Waals surface area contributed by atoms with Gasteiger partial charge in [0.2, 0.25) is 17.7 Å². The average Bonchev–Trinajstić information content (AvgIpc) is 3.44. The van der Waals surface area contributed by atoms with Crippen molar-refractivity contribution in [1.29, 1.82) is 0 Å². The number of nitrogens with one attached hydrogen (secondary N) is 1. The van der Waals surface area contributed by atoms with Crippen molar-refractivity contribution in [3.63, 3.8) is 0 Å². The lowest BCUT2D eigenvalue weighted by Crippen LogP contribution is -2.24. The molecule has 2 aromatic heterocycles. The zero-order chi connectivity index (χ0) is 20.8. The average molecular weight is 401 g/mol. The fourth-order valence-electron chi connectivity index (χ4n) is 3.12. The molecule has 0 fully saturated rings. The van der Waals surface area contributed by atoms with Crippen molar-refractivity contribution in [2.24, 2.45) is 0 Å². The molecule has 7 heteroatoms. The number of benzene rings is 2. The summed E-state index contributed by atoms with van der Waals surface area (Å²) in [5.74, 6) is 0.872. The highest BCUT2D eigenvalue weighted by Crippen LogP contribution is 2.18. The molecule has 0 bridgehead atoms. The maximum Gasteiger partial charge on any atom is 0.247 e. The first-order chi connectivity index (χ1) is 14.7. The molecule has 0 atom stereocenters. The molecule has 2 heterocycles. The summed E-state index contributed by atoms with van der Waals surface area (Å²) >= 11 is 0. The topological polar surface area (TPSA) is 85.8 Å². The van der Waals surface area contributed by atoms with Crippen LogP contribution in [0.2, 0.25) is 0 Å². The maximum absolute atomic E-state index is 12.3. The van der Waals surface area contributed by atoms with Gasteiger partial charge in [0.25, 0.3) is 0 Å². The van der Waals surface area contributed by atoms with Crippen LogP contribution in [0, 0.1) is 6.92 Å². The standard InChI is InChI=1S/C23H23N5O2/c1-17-7-9-18(10-8-17)23-27-26-22(30-23)12-11-21(29)24-15-19-5-2-3-6-20(19)16-28-14-4-13-25-28/h2-10,13-14H,11-12,15-16H2,1H3,(H,24,29). The van der Waals surface area contributed by atoms with E-state index >= 15 is 0 Å². The lowest BCUT2D eigenvalue weighted by atomic mass is 10.1. The van der Waals surface area contributed by atoms with Crippen molar-refractivity contribution >= 4 is 5.91 Å². The molecule has 0 aliphatic carbocycles. The Morgan fingerprint density at radius 2 is 1.83 bits per heavy atom. The van der Waals surface area contributed by atoms with E-state index < -0.39 is 0 Å². The quantitative estimate of drug-likeness (QED) is 0.488. The third-order valence-electron chi connectivity index (χ3n) is 4.82. The van der Waals surface area contributed by atoms with E-state index in [1.165, 1.54) is 5.56 Å². The molecule has 0 spiro atoms. The second-order valence-electron chi connectivity index (χ2n) is 7.12. The first kappa shape index (κ1) is 19.6. The van der Waals surface area contributed by atoms with Gasteiger partial charge in [0.1, 0.15) is 0 Å². The first-order valence-corrected chi connectivity index (χ1v) is 9.88. The Labute approximate surface area is 174 Å². The summed E-state index contributed by atoms with van der Waals surface area (Å²) in [6.45, 7) is 3.16. The predicted molar refractivity (Wildman–Crippen MR) is 112 cm³/mol. The van der Waals surface area contributed by atoms with Gasteiger partial charge in [0.15, 0.2) is 0 Å². The smallest absolute Gasteiger partial charge is 0.247 e. The second kappa shape index (κ2) is 9.17. The molecule has 152 valence electrons. The zero-order valence-corrected chi connectivity index (χ0v) is 16.8. The molecule has 1 amide bonds. The van der Waals surface area contributed by atoms with Gasteiger partial charge in [-0.25, -0.2) is 0 Å². The molecule has 0 radical (unpaired) electrons. The van der Waals surface area contributed by atoms with Gasteiger partial charge in [0, 0.05) is 37.3 Å². The monoisotopic (exact) mass is 401 g/mol. The van der Waals surface area contributed by atoms with Crippen molar-refractivity contribution in [3.05, 3.63) is 89.6 Å². The Morgan fingerprint density at radius 3 is 2.60 bits per heavy atom. The minimum atomic E-state index is -0.0565. The summed E-state index contributed by atoms with van der Waals surface area (Å²) in [6, 6.07) is 17.8. The van der Waals surface area contributed by atoms with Gasteiger partial charge in [-0.3, -0.25) is 9.48 Å². The van der Waals surface area contributed by atoms with Crippen molar-refractivity contribution < 1.29 is 9.21 Å². The van der Waals surface area contributed by atoms with Crippen LogP contribution in [-0.2, 0) is 24.3 Å². The van der Waals surface area contributed by atoms with E-state index in [0.29, 0.717) is 31.3 Å². The fraction of sp³-hybridized carbons (Fsp3) is 0.217. The number of hydrogen-bond donors (Lipinski definition) is 1. The highest BCUT2D eigenvalue weighted by molar-refractivity contribution is 5.76. The van der Waals surface area contributed by atoms with Gasteiger partial charge in [-0.05, 0) is 36.2 Å².